The summed E-state index contributed by atoms with van der Waals surface area (Å²) in [6.07, 6.45) is 1.96. The second-order valence-corrected chi connectivity index (χ2v) is 5.86. The van der Waals surface area contributed by atoms with Crippen LogP contribution in [0.15, 0.2) is 18.2 Å². The first-order valence-electron chi connectivity index (χ1n) is 7.93. The van der Waals surface area contributed by atoms with Gasteiger partial charge in [0.2, 0.25) is 11.8 Å². The monoisotopic (exact) mass is 334 g/mol. The van der Waals surface area contributed by atoms with Crippen molar-refractivity contribution in [3.05, 3.63) is 33.9 Å². The predicted octanol–water partition coefficient (Wildman–Crippen LogP) is 1.44. The van der Waals surface area contributed by atoms with Crippen LogP contribution in [0.3, 0.4) is 0 Å². The lowest BCUT2D eigenvalue weighted by Gasteiger charge is -2.22. The summed E-state index contributed by atoms with van der Waals surface area (Å²) in [5.41, 5.74) is 1.15. The molecule has 0 saturated carbocycles. The minimum Gasteiger partial charge on any atom is -0.358 e. The lowest BCUT2D eigenvalue weighted by atomic mass is 10.1. The summed E-state index contributed by atoms with van der Waals surface area (Å²) >= 11 is 0. The molecular weight excluding hydrogens is 312 g/mol. The first-order chi connectivity index (χ1) is 11.4. The maximum Gasteiger partial charge on any atom is 0.271 e. The molecule has 24 heavy (non-hydrogen) atoms. The molecule has 0 aromatic heterocycles. The van der Waals surface area contributed by atoms with Crippen molar-refractivity contribution in [2.24, 2.45) is 0 Å². The van der Waals surface area contributed by atoms with Gasteiger partial charge in [-0.1, -0.05) is 6.07 Å². The molecular formula is C16H22N4O4. The van der Waals surface area contributed by atoms with Gasteiger partial charge in [0, 0.05) is 32.1 Å². The van der Waals surface area contributed by atoms with Crippen LogP contribution in [0.2, 0.25) is 0 Å². The number of non-ortho nitro benzene ring substituents is 1. The van der Waals surface area contributed by atoms with Gasteiger partial charge in [0.25, 0.3) is 5.69 Å². The van der Waals surface area contributed by atoms with Crippen LogP contribution in [0.1, 0.15) is 24.8 Å². The number of carbonyl (C=O) groups is 2. The minimum atomic E-state index is -0.493. The molecule has 2 N–H and O–H groups in total. The molecule has 8 nitrogen and oxygen atoms in total. The third-order valence-corrected chi connectivity index (χ3v) is 4.24. The van der Waals surface area contributed by atoms with E-state index in [2.05, 4.69) is 10.6 Å². The molecule has 0 bridgehead atoms. The highest BCUT2D eigenvalue weighted by Gasteiger charge is 2.29. The Hall–Kier alpha value is -2.48. The second kappa shape index (κ2) is 7.87. The SMILES string of the molecule is CNC(=O)C1CCCN1CCC(=O)Nc1cc([N+](=O)[O-])ccc1C. The highest BCUT2D eigenvalue weighted by atomic mass is 16.6. The largest absolute Gasteiger partial charge is 0.358 e. The Balaban J connectivity index is 1.93. The van der Waals surface area contributed by atoms with E-state index in [4.69, 9.17) is 0 Å². The molecule has 1 aliphatic heterocycles. The Bertz CT molecular complexity index is 647. The van der Waals surface area contributed by atoms with Crippen LogP contribution in [-0.2, 0) is 9.59 Å². The highest BCUT2D eigenvalue weighted by molar-refractivity contribution is 5.92. The van der Waals surface area contributed by atoms with Crippen LogP contribution in [0.5, 0.6) is 0 Å². The minimum absolute atomic E-state index is 0.0255. The molecule has 1 unspecified atom stereocenters. The third kappa shape index (κ3) is 4.29. The summed E-state index contributed by atoms with van der Waals surface area (Å²) in [7, 11) is 1.61. The topological polar surface area (TPSA) is 105 Å². The maximum absolute atomic E-state index is 12.1. The Labute approximate surface area is 140 Å². The fraction of sp³-hybridized carbons (Fsp3) is 0.500. The number of anilines is 1. The Morgan fingerprint density at radius 3 is 2.83 bits per heavy atom. The van der Waals surface area contributed by atoms with Crippen molar-refractivity contribution >= 4 is 23.2 Å². The summed E-state index contributed by atoms with van der Waals surface area (Å²) in [4.78, 5) is 36.3. The fourth-order valence-electron chi connectivity index (χ4n) is 2.87. The van der Waals surface area contributed by atoms with Gasteiger partial charge in [0.05, 0.1) is 16.7 Å². The standard InChI is InChI=1S/C16H22N4O4/c1-11-5-6-12(20(23)24)10-13(11)18-15(21)7-9-19-8-3-4-14(19)16(22)17-2/h5-6,10,14H,3-4,7-9H2,1-2H3,(H,17,22)(H,18,21). The number of aryl methyl sites for hydroxylation is 1. The van der Waals surface area contributed by atoms with Crippen LogP contribution in [0, 0.1) is 17.0 Å². The Morgan fingerprint density at radius 2 is 2.17 bits per heavy atom. The first kappa shape index (κ1) is 17.9. The van der Waals surface area contributed by atoms with Crippen molar-refractivity contribution in [1.82, 2.24) is 10.2 Å². The van der Waals surface area contributed by atoms with E-state index in [9.17, 15) is 19.7 Å². The lowest BCUT2D eigenvalue weighted by Crippen LogP contribution is -2.42. The number of nitrogens with zero attached hydrogens (tertiary/aromatic N) is 2. The average Bonchev–Trinajstić information content (AvgIpc) is 3.02. The summed E-state index contributed by atoms with van der Waals surface area (Å²) in [6.45, 7) is 3.06. The molecule has 1 aromatic rings. The molecule has 2 amide bonds. The highest BCUT2D eigenvalue weighted by Crippen LogP contribution is 2.22. The molecule has 0 radical (unpaired) electrons. The van der Waals surface area contributed by atoms with E-state index in [0.29, 0.717) is 12.2 Å². The van der Waals surface area contributed by atoms with Gasteiger partial charge >= 0.3 is 0 Å². The van der Waals surface area contributed by atoms with Crippen molar-refractivity contribution in [2.75, 3.05) is 25.5 Å². The third-order valence-electron chi connectivity index (χ3n) is 4.24. The number of hydrogen-bond acceptors (Lipinski definition) is 5. The van der Waals surface area contributed by atoms with E-state index in [1.54, 1.807) is 20.0 Å². The number of carbonyl (C=O) groups excluding carboxylic acids is 2. The zero-order valence-corrected chi connectivity index (χ0v) is 13.9. The Morgan fingerprint density at radius 1 is 1.42 bits per heavy atom. The number of amides is 2. The zero-order chi connectivity index (χ0) is 17.7. The first-order valence-corrected chi connectivity index (χ1v) is 7.93. The summed E-state index contributed by atoms with van der Waals surface area (Å²) in [5.74, 6) is -0.247. The summed E-state index contributed by atoms with van der Waals surface area (Å²) in [5, 5.41) is 16.2. The van der Waals surface area contributed by atoms with Gasteiger partial charge < -0.3 is 10.6 Å². The number of hydrogen-bond donors (Lipinski definition) is 2. The molecule has 8 heteroatoms. The van der Waals surface area contributed by atoms with Crippen molar-refractivity contribution in [1.29, 1.82) is 0 Å². The average molecular weight is 334 g/mol. The van der Waals surface area contributed by atoms with E-state index >= 15 is 0 Å². The van der Waals surface area contributed by atoms with E-state index in [-0.39, 0.29) is 30.0 Å². The smallest absolute Gasteiger partial charge is 0.271 e. The van der Waals surface area contributed by atoms with E-state index in [1.807, 2.05) is 4.90 Å². The van der Waals surface area contributed by atoms with Crippen LogP contribution < -0.4 is 10.6 Å². The summed E-state index contributed by atoms with van der Waals surface area (Å²) in [6, 6.07) is 4.19. The molecule has 1 aromatic carbocycles. The number of benzene rings is 1. The number of rotatable bonds is 6. The van der Waals surface area contributed by atoms with Gasteiger partial charge in [-0.2, -0.15) is 0 Å². The van der Waals surface area contributed by atoms with Crippen molar-refractivity contribution in [3.8, 4) is 0 Å². The molecule has 1 fully saturated rings. The van der Waals surface area contributed by atoms with E-state index < -0.39 is 4.92 Å². The molecule has 1 saturated heterocycles. The molecule has 1 heterocycles. The van der Waals surface area contributed by atoms with Gasteiger partial charge in [-0.15, -0.1) is 0 Å². The quantitative estimate of drug-likeness (QED) is 0.605. The number of likely N-dealkylation sites (N-methyl/N-ethyl adjacent to an activating group) is 1. The predicted molar refractivity (Wildman–Crippen MR) is 89.7 cm³/mol. The van der Waals surface area contributed by atoms with Crippen LogP contribution >= 0.6 is 0 Å². The van der Waals surface area contributed by atoms with Gasteiger partial charge in [-0.25, -0.2) is 0 Å². The summed E-state index contributed by atoms with van der Waals surface area (Å²) < 4.78 is 0. The van der Waals surface area contributed by atoms with Crippen LogP contribution in [0.4, 0.5) is 11.4 Å². The van der Waals surface area contributed by atoms with Gasteiger partial charge in [0.1, 0.15) is 0 Å². The van der Waals surface area contributed by atoms with Crippen molar-refractivity contribution in [3.63, 3.8) is 0 Å². The molecule has 130 valence electrons. The lowest BCUT2D eigenvalue weighted by molar-refractivity contribution is -0.384. The number of nitrogens with one attached hydrogen (secondary N) is 2. The van der Waals surface area contributed by atoms with Gasteiger partial charge in [-0.3, -0.25) is 24.6 Å². The van der Waals surface area contributed by atoms with Crippen molar-refractivity contribution in [2.45, 2.75) is 32.2 Å². The number of likely N-dealkylation sites (tertiary alicyclic amines) is 1. The zero-order valence-electron chi connectivity index (χ0n) is 13.9. The van der Waals surface area contributed by atoms with E-state index in [1.165, 1.54) is 12.1 Å². The Kier molecular flexibility index (Phi) is 5.86. The van der Waals surface area contributed by atoms with Gasteiger partial charge in [-0.05, 0) is 31.9 Å². The number of nitro groups is 1. The molecule has 1 atom stereocenters. The molecule has 1 aliphatic rings. The van der Waals surface area contributed by atoms with Gasteiger partial charge in [0.15, 0.2) is 0 Å². The molecule has 0 spiro atoms. The normalized spacial score (nSPS) is 17.5. The second-order valence-electron chi connectivity index (χ2n) is 5.86. The fourth-order valence-corrected chi connectivity index (χ4v) is 2.87. The van der Waals surface area contributed by atoms with Crippen LogP contribution in [0.25, 0.3) is 0 Å². The maximum atomic E-state index is 12.1. The molecule has 0 aliphatic carbocycles. The van der Waals surface area contributed by atoms with Crippen molar-refractivity contribution < 1.29 is 14.5 Å². The molecule has 2 rings (SSSR count). The van der Waals surface area contributed by atoms with Crippen LogP contribution in [-0.4, -0.2) is 47.8 Å². The number of nitro benzene ring substituents is 1. The van der Waals surface area contributed by atoms with E-state index in [0.717, 1.165) is 24.9 Å².